The molecule has 188 valence electrons. The number of hydrogen-bond donors (Lipinski definition) is 2. The van der Waals surface area contributed by atoms with Gasteiger partial charge in [0.05, 0.1) is 36.6 Å². The highest BCUT2D eigenvalue weighted by molar-refractivity contribution is 8.03. The minimum absolute atomic E-state index is 0.0156. The molecule has 1 aliphatic heterocycles. The van der Waals surface area contributed by atoms with Gasteiger partial charge in [0, 0.05) is 18.0 Å². The summed E-state index contributed by atoms with van der Waals surface area (Å²) in [6, 6.07) is 24.0. The predicted molar refractivity (Wildman–Crippen MR) is 142 cm³/mol. The Kier molecular flexibility index (Phi) is 8.33. The number of anilines is 1. The van der Waals surface area contributed by atoms with Gasteiger partial charge in [-0.05, 0) is 54.1 Å². The van der Waals surface area contributed by atoms with E-state index in [1.54, 1.807) is 43.5 Å². The fourth-order valence-electron chi connectivity index (χ4n) is 3.85. The molecular weight excluding hydrogens is 490 g/mol. The number of methoxy groups -OCH3 is 2. The zero-order chi connectivity index (χ0) is 26.2. The molecule has 0 unspecified atom stereocenters. The maximum absolute atomic E-state index is 12.6. The zero-order valence-electron chi connectivity index (χ0n) is 20.3. The molecule has 0 saturated carbocycles. The summed E-state index contributed by atoms with van der Waals surface area (Å²) in [4.78, 5) is 25.1. The van der Waals surface area contributed by atoms with Crippen LogP contribution in [0.25, 0.3) is 0 Å². The van der Waals surface area contributed by atoms with E-state index in [0.29, 0.717) is 33.5 Å². The quantitative estimate of drug-likeness (QED) is 0.403. The SMILES string of the molecule is COc1ccc([C@@H]2CC(=O)NC(SCC(=O)Nc3ccc(Oc4ccccc4)cc3)=C2C#N)cc1OC. The van der Waals surface area contributed by atoms with Crippen molar-refractivity contribution in [3.8, 4) is 29.1 Å². The van der Waals surface area contributed by atoms with Crippen LogP contribution in [-0.4, -0.2) is 31.8 Å². The average Bonchev–Trinajstić information content (AvgIpc) is 2.92. The number of carbonyl (C=O) groups is 2. The van der Waals surface area contributed by atoms with Crippen molar-refractivity contribution in [1.29, 1.82) is 5.26 Å². The number of allylic oxidation sites excluding steroid dienone is 1. The number of amides is 2. The van der Waals surface area contributed by atoms with Crippen molar-refractivity contribution < 1.29 is 23.8 Å². The largest absolute Gasteiger partial charge is 0.493 e. The maximum atomic E-state index is 12.6. The van der Waals surface area contributed by atoms with Crippen LogP contribution in [0.4, 0.5) is 5.69 Å². The molecule has 2 N–H and O–H groups in total. The number of carbonyl (C=O) groups excluding carboxylic acids is 2. The summed E-state index contributed by atoms with van der Waals surface area (Å²) in [5.74, 6) is 1.50. The van der Waals surface area contributed by atoms with Crippen molar-refractivity contribution >= 4 is 29.3 Å². The van der Waals surface area contributed by atoms with Gasteiger partial charge in [-0.15, -0.1) is 0 Å². The summed E-state index contributed by atoms with van der Waals surface area (Å²) in [6.45, 7) is 0. The minimum Gasteiger partial charge on any atom is -0.493 e. The zero-order valence-corrected chi connectivity index (χ0v) is 21.1. The Morgan fingerprint density at radius 3 is 2.41 bits per heavy atom. The van der Waals surface area contributed by atoms with E-state index in [4.69, 9.17) is 14.2 Å². The molecule has 1 aliphatic rings. The van der Waals surface area contributed by atoms with Crippen LogP contribution < -0.4 is 24.8 Å². The fourth-order valence-corrected chi connectivity index (χ4v) is 4.73. The maximum Gasteiger partial charge on any atom is 0.234 e. The Bertz CT molecular complexity index is 1350. The summed E-state index contributed by atoms with van der Waals surface area (Å²) in [7, 11) is 3.07. The van der Waals surface area contributed by atoms with E-state index in [0.717, 1.165) is 23.1 Å². The molecule has 0 aromatic heterocycles. The molecule has 9 heteroatoms. The van der Waals surface area contributed by atoms with E-state index in [2.05, 4.69) is 16.7 Å². The van der Waals surface area contributed by atoms with Crippen LogP contribution in [0.2, 0.25) is 0 Å². The molecule has 3 aromatic carbocycles. The lowest BCUT2D eigenvalue weighted by Gasteiger charge is -2.25. The molecule has 4 rings (SSSR count). The van der Waals surface area contributed by atoms with Crippen molar-refractivity contribution in [3.63, 3.8) is 0 Å². The Hall–Kier alpha value is -4.42. The van der Waals surface area contributed by atoms with Gasteiger partial charge in [-0.3, -0.25) is 9.59 Å². The summed E-state index contributed by atoms with van der Waals surface area (Å²) in [5, 5.41) is 15.8. The number of rotatable bonds is 9. The number of nitrogens with zero attached hydrogens (tertiary/aromatic N) is 1. The molecule has 0 aliphatic carbocycles. The van der Waals surface area contributed by atoms with Crippen molar-refractivity contribution in [2.45, 2.75) is 12.3 Å². The van der Waals surface area contributed by atoms with Crippen LogP contribution >= 0.6 is 11.8 Å². The minimum atomic E-state index is -0.457. The van der Waals surface area contributed by atoms with E-state index in [1.807, 2.05) is 36.4 Å². The molecule has 8 nitrogen and oxygen atoms in total. The molecule has 0 fully saturated rings. The third-order valence-electron chi connectivity index (χ3n) is 5.63. The highest BCUT2D eigenvalue weighted by atomic mass is 32.2. The molecule has 0 radical (unpaired) electrons. The van der Waals surface area contributed by atoms with Crippen LogP contribution in [0.3, 0.4) is 0 Å². The van der Waals surface area contributed by atoms with Gasteiger partial charge in [0.15, 0.2) is 11.5 Å². The second kappa shape index (κ2) is 12.0. The molecule has 37 heavy (non-hydrogen) atoms. The highest BCUT2D eigenvalue weighted by Gasteiger charge is 2.30. The first-order valence-electron chi connectivity index (χ1n) is 11.4. The lowest BCUT2D eigenvalue weighted by molar-refractivity contribution is -0.121. The standard InChI is InChI=1S/C28H25N3O5S/c1-34-24-13-8-18(14-25(24)35-2)22-15-26(32)31-28(23(22)16-29)37-17-27(33)30-19-9-11-21(12-10-19)36-20-6-4-3-5-7-20/h3-14,22H,15,17H2,1-2H3,(H,30,33)(H,31,32)/t22-/m0/s1. The normalized spacial score (nSPS) is 14.8. The number of thioether (sulfide) groups is 1. The Morgan fingerprint density at radius 1 is 1.03 bits per heavy atom. The van der Waals surface area contributed by atoms with Crippen molar-refractivity contribution in [1.82, 2.24) is 5.32 Å². The summed E-state index contributed by atoms with van der Waals surface area (Å²) < 4.78 is 16.4. The van der Waals surface area contributed by atoms with Crippen LogP contribution in [0.15, 0.2) is 83.4 Å². The smallest absolute Gasteiger partial charge is 0.234 e. The van der Waals surface area contributed by atoms with E-state index in [9.17, 15) is 14.9 Å². The predicted octanol–water partition coefficient (Wildman–Crippen LogP) is 5.21. The Labute approximate surface area is 219 Å². The average molecular weight is 516 g/mol. The Morgan fingerprint density at radius 2 is 1.73 bits per heavy atom. The molecular formula is C28H25N3O5S. The van der Waals surface area contributed by atoms with Crippen LogP contribution in [0.5, 0.6) is 23.0 Å². The van der Waals surface area contributed by atoms with Gasteiger partial charge in [0.2, 0.25) is 11.8 Å². The monoisotopic (exact) mass is 515 g/mol. The van der Waals surface area contributed by atoms with Gasteiger partial charge in [-0.25, -0.2) is 0 Å². The summed E-state index contributed by atoms with van der Waals surface area (Å²) in [5.41, 5.74) is 1.76. The Balaban J connectivity index is 1.42. The van der Waals surface area contributed by atoms with Crippen molar-refractivity contribution in [2.75, 3.05) is 25.3 Å². The molecule has 1 heterocycles. The number of ether oxygens (including phenoxy) is 3. The summed E-state index contributed by atoms with van der Waals surface area (Å²) >= 11 is 1.11. The number of nitriles is 1. The van der Waals surface area contributed by atoms with E-state index in [-0.39, 0.29) is 24.0 Å². The van der Waals surface area contributed by atoms with Crippen LogP contribution in [-0.2, 0) is 9.59 Å². The second-order valence-corrected chi connectivity index (χ2v) is 9.04. The number of benzene rings is 3. The lowest BCUT2D eigenvalue weighted by atomic mass is 9.87. The number of nitrogens with one attached hydrogen (secondary N) is 2. The van der Waals surface area contributed by atoms with Gasteiger partial charge in [0.1, 0.15) is 11.5 Å². The van der Waals surface area contributed by atoms with E-state index >= 15 is 0 Å². The van der Waals surface area contributed by atoms with Gasteiger partial charge >= 0.3 is 0 Å². The van der Waals surface area contributed by atoms with Crippen molar-refractivity contribution in [3.05, 3.63) is 89.0 Å². The fraction of sp³-hybridized carbons (Fsp3) is 0.179. The lowest BCUT2D eigenvalue weighted by Crippen LogP contribution is -2.31. The highest BCUT2D eigenvalue weighted by Crippen LogP contribution is 2.39. The van der Waals surface area contributed by atoms with Gasteiger partial charge in [-0.1, -0.05) is 36.0 Å². The van der Waals surface area contributed by atoms with Gasteiger partial charge in [-0.2, -0.15) is 5.26 Å². The first-order valence-corrected chi connectivity index (χ1v) is 12.4. The first kappa shape index (κ1) is 25.7. The molecule has 2 amide bonds. The molecule has 0 bridgehead atoms. The third-order valence-corrected chi connectivity index (χ3v) is 6.65. The molecule has 0 saturated heterocycles. The van der Waals surface area contributed by atoms with E-state index < -0.39 is 5.92 Å². The molecule has 3 aromatic rings. The second-order valence-electron chi connectivity index (χ2n) is 8.05. The van der Waals surface area contributed by atoms with E-state index in [1.165, 1.54) is 7.11 Å². The number of hydrogen-bond acceptors (Lipinski definition) is 7. The van der Waals surface area contributed by atoms with Crippen molar-refractivity contribution in [2.24, 2.45) is 0 Å². The number of para-hydroxylation sites is 1. The first-order chi connectivity index (χ1) is 18.0. The van der Waals surface area contributed by atoms with Crippen LogP contribution in [0, 0.1) is 11.3 Å². The molecule has 1 atom stereocenters. The third kappa shape index (κ3) is 6.42. The molecule has 0 spiro atoms. The van der Waals surface area contributed by atoms with Gasteiger partial charge in [0.25, 0.3) is 0 Å². The van der Waals surface area contributed by atoms with Gasteiger partial charge < -0.3 is 24.8 Å². The van der Waals surface area contributed by atoms with Crippen LogP contribution in [0.1, 0.15) is 17.9 Å². The summed E-state index contributed by atoms with van der Waals surface area (Å²) in [6.07, 6.45) is 0.117. The topological polar surface area (TPSA) is 110 Å².